The van der Waals surface area contributed by atoms with Gasteiger partial charge >= 0.3 is 0 Å². The third kappa shape index (κ3) is 7.98. The van der Waals surface area contributed by atoms with Crippen LogP contribution in [0.1, 0.15) is 62.7 Å². The van der Waals surface area contributed by atoms with Crippen LogP contribution in [-0.2, 0) is 0 Å². The van der Waals surface area contributed by atoms with Crippen LogP contribution in [0, 0.1) is 0 Å². The van der Waals surface area contributed by atoms with E-state index in [4.69, 9.17) is 9.47 Å². The highest BCUT2D eigenvalue weighted by Gasteiger charge is 2.07. The molecule has 0 unspecified atom stereocenters. The molecule has 0 bridgehead atoms. The fraction of sp³-hybridized carbons (Fsp3) is 0.345. The molecule has 4 heteroatoms. The number of carbonyl (C=O) groups is 1. The zero-order valence-corrected chi connectivity index (χ0v) is 19.8. The molecule has 1 amide bonds. The van der Waals surface area contributed by atoms with Gasteiger partial charge in [0.05, 0.1) is 13.2 Å². The molecule has 174 valence electrons. The molecule has 0 atom stereocenters. The Labute approximate surface area is 197 Å². The molecule has 3 aromatic carbocycles. The van der Waals surface area contributed by atoms with Crippen LogP contribution in [0.3, 0.4) is 0 Å². The van der Waals surface area contributed by atoms with E-state index in [0.717, 1.165) is 54.4 Å². The van der Waals surface area contributed by atoms with Crippen molar-refractivity contribution in [2.24, 2.45) is 0 Å². The highest BCUT2D eigenvalue weighted by molar-refractivity contribution is 6.04. The van der Waals surface area contributed by atoms with Gasteiger partial charge in [-0.15, -0.1) is 0 Å². The number of anilines is 1. The molecule has 0 radical (unpaired) electrons. The number of ether oxygens (including phenoxy) is 2. The Balaban J connectivity index is 1.51. The zero-order chi connectivity index (χ0) is 23.3. The van der Waals surface area contributed by atoms with E-state index >= 15 is 0 Å². The van der Waals surface area contributed by atoms with Crippen LogP contribution < -0.4 is 14.8 Å². The first-order valence-electron chi connectivity index (χ1n) is 12.1. The normalized spacial score (nSPS) is 10.6. The lowest BCUT2D eigenvalue weighted by Gasteiger charge is -2.09. The van der Waals surface area contributed by atoms with Crippen LogP contribution in [0.5, 0.6) is 11.5 Å². The number of benzene rings is 3. The monoisotopic (exact) mass is 445 g/mol. The van der Waals surface area contributed by atoms with E-state index in [-0.39, 0.29) is 5.91 Å². The Kier molecular flexibility index (Phi) is 9.84. The summed E-state index contributed by atoms with van der Waals surface area (Å²) in [6.45, 7) is 5.84. The second-order valence-electron chi connectivity index (χ2n) is 8.19. The summed E-state index contributed by atoms with van der Waals surface area (Å²) in [6, 6.07) is 23.3. The van der Waals surface area contributed by atoms with Gasteiger partial charge in [0.15, 0.2) is 0 Å². The Morgan fingerprint density at radius 3 is 1.58 bits per heavy atom. The summed E-state index contributed by atoms with van der Waals surface area (Å²) in [6.07, 6.45) is 6.87. The van der Waals surface area contributed by atoms with Crippen LogP contribution in [0.15, 0.2) is 72.8 Å². The predicted octanol–water partition coefficient (Wildman–Crippen LogP) is 7.74. The van der Waals surface area contributed by atoms with Crippen molar-refractivity contribution in [1.29, 1.82) is 0 Å². The van der Waals surface area contributed by atoms with Gasteiger partial charge in [-0.2, -0.15) is 0 Å². The summed E-state index contributed by atoms with van der Waals surface area (Å²) in [4.78, 5) is 12.6. The largest absolute Gasteiger partial charge is 0.494 e. The quantitative estimate of drug-likeness (QED) is 0.274. The van der Waals surface area contributed by atoms with E-state index in [0.29, 0.717) is 5.56 Å². The van der Waals surface area contributed by atoms with Crippen LogP contribution in [0.4, 0.5) is 5.69 Å². The third-order valence-electron chi connectivity index (χ3n) is 5.48. The van der Waals surface area contributed by atoms with E-state index in [1.165, 1.54) is 25.7 Å². The van der Waals surface area contributed by atoms with Gasteiger partial charge in [-0.1, -0.05) is 63.8 Å². The van der Waals surface area contributed by atoms with E-state index in [1.807, 2.05) is 60.7 Å². The number of hydrogen-bond acceptors (Lipinski definition) is 3. The molecule has 3 aromatic rings. The smallest absolute Gasteiger partial charge is 0.255 e. The standard InChI is InChI=1S/C29H35NO3/c1-3-5-7-21-32-27-17-13-24(14-18-27)23-9-11-25(12-10-23)29(31)30-26-15-19-28(20-16-26)33-22-8-6-4-2/h9-20H,3-8,21-22H2,1-2H3,(H,30,31). The molecule has 0 aliphatic heterocycles. The topological polar surface area (TPSA) is 47.6 Å². The molecule has 4 nitrogen and oxygen atoms in total. The molecule has 0 saturated heterocycles. The summed E-state index contributed by atoms with van der Waals surface area (Å²) in [5, 5.41) is 2.95. The highest BCUT2D eigenvalue weighted by atomic mass is 16.5. The van der Waals surface area contributed by atoms with Crippen molar-refractivity contribution in [3.8, 4) is 22.6 Å². The van der Waals surface area contributed by atoms with Crippen molar-refractivity contribution in [3.63, 3.8) is 0 Å². The maximum absolute atomic E-state index is 12.6. The Morgan fingerprint density at radius 1 is 0.636 bits per heavy atom. The third-order valence-corrected chi connectivity index (χ3v) is 5.48. The fourth-order valence-corrected chi connectivity index (χ4v) is 3.48. The maximum atomic E-state index is 12.6. The summed E-state index contributed by atoms with van der Waals surface area (Å²) in [5.74, 6) is 1.59. The number of carbonyl (C=O) groups excluding carboxylic acids is 1. The van der Waals surface area contributed by atoms with Crippen LogP contribution in [0.25, 0.3) is 11.1 Å². The van der Waals surface area contributed by atoms with Gasteiger partial charge < -0.3 is 14.8 Å². The molecule has 0 saturated carbocycles. The average molecular weight is 446 g/mol. The molecule has 0 aliphatic rings. The zero-order valence-electron chi connectivity index (χ0n) is 19.8. The molecule has 0 heterocycles. The van der Waals surface area contributed by atoms with Crippen molar-refractivity contribution >= 4 is 11.6 Å². The number of amides is 1. The van der Waals surface area contributed by atoms with Gasteiger partial charge in [0.2, 0.25) is 0 Å². The number of unbranched alkanes of at least 4 members (excludes halogenated alkanes) is 4. The second kappa shape index (κ2) is 13.3. The Morgan fingerprint density at radius 2 is 1.09 bits per heavy atom. The summed E-state index contributed by atoms with van der Waals surface area (Å²) in [7, 11) is 0. The minimum atomic E-state index is -0.131. The number of hydrogen-bond donors (Lipinski definition) is 1. The molecule has 33 heavy (non-hydrogen) atoms. The Hall–Kier alpha value is -3.27. The maximum Gasteiger partial charge on any atom is 0.255 e. The van der Waals surface area contributed by atoms with E-state index in [2.05, 4.69) is 31.3 Å². The van der Waals surface area contributed by atoms with E-state index in [1.54, 1.807) is 0 Å². The van der Waals surface area contributed by atoms with Gasteiger partial charge in [-0.25, -0.2) is 0 Å². The minimum absolute atomic E-state index is 0.131. The highest BCUT2D eigenvalue weighted by Crippen LogP contribution is 2.24. The molecule has 3 rings (SSSR count). The molecule has 0 fully saturated rings. The number of nitrogens with one attached hydrogen (secondary N) is 1. The molecular formula is C29H35NO3. The van der Waals surface area contributed by atoms with Crippen molar-refractivity contribution in [2.75, 3.05) is 18.5 Å². The summed E-state index contributed by atoms with van der Waals surface area (Å²) >= 11 is 0. The van der Waals surface area contributed by atoms with Crippen LogP contribution in [-0.4, -0.2) is 19.1 Å². The minimum Gasteiger partial charge on any atom is -0.494 e. The summed E-state index contributed by atoms with van der Waals surface area (Å²) < 4.78 is 11.5. The summed E-state index contributed by atoms with van der Waals surface area (Å²) in [5.41, 5.74) is 3.53. The van der Waals surface area contributed by atoms with Gasteiger partial charge in [-0.05, 0) is 72.5 Å². The first-order chi connectivity index (χ1) is 16.2. The van der Waals surface area contributed by atoms with Gasteiger partial charge in [0.25, 0.3) is 5.91 Å². The van der Waals surface area contributed by atoms with E-state index < -0.39 is 0 Å². The van der Waals surface area contributed by atoms with Crippen LogP contribution in [0.2, 0.25) is 0 Å². The number of rotatable bonds is 13. The predicted molar refractivity (Wildman–Crippen MR) is 136 cm³/mol. The molecular weight excluding hydrogens is 410 g/mol. The average Bonchev–Trinajstić information content (AvgIpc) is 2.86. The van der Waals surface area contributed by atoms with Crippen LogP contribution >= 0.6 is 0 Å². The lowest BCUT2D eigenvalue weighted by molar-refractivity contribution is 0.102. The lowest BCUT2D eigenvalue weighted by atomic mass is 10.0. The first-order valence-corrected chi connectivity index (χ1v) is 12.1. The van der Waals surface area contributed by atoms with Crippen molar-refractivity contribution < 1.29 is 14.3 Å². The van der Waals surface area contributed by atoms with Gasteiger partial charge in [0.1, 0.15) is 11.5 Å². The van der Waals surface area contributed by atoms with Crippen molar-refractivity contribution in [1.82, 2.24) is 0 Å². The molecule has 0 aliphatic carbocycles. The molecule has 0 aromatic heterocycles. The Bertz CT molecular complexity index is 963. The lowest BCUT2D eigenvalue weighted by Crippen LogP contribution is -2.11. The molecule has 0 spiro atoms. The van der Waals surface area contributed by atoms with Gasteiger partial charge in [0, 0.05) is 11.3 Å². The second-order valence-corrected chi connectivity index (χ2v) is 8.19. The fourth-order valence-electron chi connectivity index (χ4n) is 3.48. The van der Waals surface area contributed by atoms with Crippen molar-refractivity contribution in [3.05, 3.63) is 78.4 Å². The van der Waals surface area contributed by atoms with Gasteiger partial charge in [-0.3, -0.25) is 4.79 Å². The van der Waals surface area contributed by atoms with E-state index in [9.17, 15) is 4.79 Å². The SMILES string of the molecule is CCCCCOc1ccc(NC(=O)c2ccc(-c3ccc(OCCCCC)cc3)cc2)cc1. The first kappa shape index (κ1) is 24.4. The van der Waals surface area contributed by atoms with Crippen molar-refractivity contribution in [2.45, 2.75) is 52.4 Å². The molecule has 1 N–H and O–H groups in total.